The summed E-state index contributed by atoms with van der Waals surface area (Å²) in [5, 5.41) is 14.3. The van der Waals surface area contributed by atoms with Gasteiger partial charge < -0.3 is 20.0 Å². The van der Waals surface area contributed by atoms with E-state index in [-0.39, 0.29) is 5.91 Å². The molecule has 26 heavy (non-hydrogen) atoms. The SMILES string of the molecule is CN(C)c1nc2cc(NC(=O)c3cn(C4CCNCC4)nn3)ccc2o1. The van der Waals surface area contributed by atoms with Gasteiger partial charge in [-0.15, -0.1) is 5.10 Å². The van der Waals surface area contributed by atoms with Crippen molar-refractivity contribution in [2.75, 3.05) is 37.4 Å². The van der Waals surface area contributed by atoms with Crippen LogP contribution in [0.5, 0.6) is 0 Å². The van der Waals surface area contributed by atoms with Gasteiger partial charge in [-0.3, -0.25) is 4.79 Å². The van der Waals surface area contributed by atoms with Crippen LogP contribution in [-0.4, -0.2) is 53.1 Å². The molecule has 1 aliphatic rings. The third-order valence-electron chi connectivity index (χ3n) is 4.44. The molecule has 1 amide bonds. The van der Waals surface area contributed by atoms with Crippen LogP contribution in [0.4, 0.5) is 11.7 Å². The highest BCUT2D eigenvalue weighted by molar-refractivity contribution is 6.03. The van der Waals surface area contributed by atoms with Gasteiger partial charge in [-0.05, 0) is 44.1 Å². The number of rotatable bonds is 4. The van der Waals surface area contributed by atoms with Crippen LogP contribution in [0.3, 0.4) is 0 Å². The van der Waals surface area contributed by atoms with Crippen molar-refractivity contribution in [2.45, 2.75) is 18.9 Å². The van der Waals surface area contributed by atoms with Gasteiger partial charge in [0.2, 0.25) is 0 Å². The second-order valence-electron chi connectivity index (χ2n) is 6.59. The summed E-state index contributed by atoms with van der Waals surface area (Å²) in [4.78, 5) is 18.6. The van der Waals surface area contributed by atoms with Crippen molar-refractivity contribution in [1.29, 1.82) is 0 Å². The molecule has 0 saturated carbocycles. The number of hydrogen-bond acceptors (Lipinski definition) is 7. The third kappa shape index (κ3) is 3.25. The van der Waals surface area contributed by atoms with E-state index in [9.17, 15) is 4.79 Å². The molecule has 1 aromatic carbocycles. The fourth-order valence-electron chi connectivity index (χ4n) is 3.01. The second-order valence-corrected chi connectivity index (χ2v) is 6.59. The van der Waals surface area contributed by atoms with Crippen LogP contribution in [0.15, 0.2) is 28.8 Å². The Morgan fingerprint density at radius 3 is 2.92 bits per heavy atom. The number of oxazole rings is 1. The van der Waals surface area contributed by atoms with E-state index in [1.54, 1.807) is 34.0 Å². The van der Waals surface area contributed by atoms with Gasteiger partial charge in [0.1, 0.15) is 5.52 Å². The lowest BCUT2D eigenvalue weighted by Crippen LogP contribution is -2.29. The lowest BCUT2D eigenvalue weighted by Gasteiger charge is -2.22. The minimum atomic E-state index is -0.291. The topological polar surface area (TPSA) is 101 Å². The first-order valence-corrected chi connectivity index (χ1v) is 8.62. The summed E-state index contributed by atoms with van der Waals surface area (Å²) in [5.41, 5.74) is 2.30. The highest BCUT2D eigenvalue weighted by Gasteiger charge is 2.19. The van der Waals surface area contributed by atoms with E-state index in [4.69, 9.17) is 4.42 Å². The molecule has 2 aromatic heterocycles. The fraction of sp³-hybridized carbons (Fsp3) is 0.412. The van der Waals surface area contributed by atoms with Crippen LogP contribution in [0, 0.1) is 0 Å². The molecule has 0 radical (unpaired) electrons. The van der Waals surface area contributed by atoms with Gasteiger partial charge in [-0.25, -0.2) is 4.68 Å². The summed E-state index contributed by atoms with van der Waals surface area (Å²) in [7, 11) is 3.72. The van der Waals surface area contributed by atoms with E-state index in [1.807, 2.05) is 14.1 Å². The summed E-state index contributed by atoms with van der Waals surface area (Å²) in [6, 6.07) is 6.16. The molecule has 9 nitrogen and oxygen atoms in total. The molecule has 0 unspecified atom stereocenters. The zero-order chi connectivity index (χ0) is 18.1. The number of aromatic nitrogens is 4. The molecule has 4 rings (SSSR count). The Labute approximate surface area is 150 Å². The predicted molar refractivity (Wildman–Crippen MR) is 97.5 cm³/mol. The molecule has 3 heterocycles. The Morgan fingerprint density at radius 2 is 2.15 bits per heavy atom. The van der Waals surface area contributed by atoms with E-state index in [0.717, 1.165) is 25.9 Å². The molecular formula is C17H21N7O2. The maximum atomic E-state index is 12.5. The summed E-state index contributed by atoms with van der Waals surface area (Å²) >= 11 is 0. The van der Waals surface area contributed by atoms with Gasteiger partial charge in [0.25, 0.3) is 11.9 Å². The van der Waals surface area contributed by atoms with Gasteiger partial charge in [-0.2, -0.15) is 4.98 Å². The van der Waals surface area contributed by atoms with Crippen LogP contribution in [0.1, 0.15) is 29.4 Å². The standard InChI is InChI=1S/C17H21N7O2/c1-23(2)17-20-13-9-11(3-4-15(13)26-17)19-16(25)14-10-24(22-21-14)12-5-7-18-8-6-12/h3-4,9-10,12,18H,5-8H2,1-2H3,(H,19,25). The van der Waals surface area contributed by atoms with E-state index in [2.05, 4.69) is 25.9 Å². The summed E-state index contributed by atoms with van der Waals surface area (Å²) in [6.45, 7) is 1.91. The molecule has 0 atom stereocenters. The number of amides is 1. The van der Waals surface area contributed by atoms with Gasteiger partial charge in [0.05, 0.1) is 12.2 Å². The minimum absolute atomic E-state index is 0.291. The molecule has 9 heteroatoms. The van der Waals surface area contributed by atoms with Crippen molar-refractivity contribution < 1.29 is 9.21 Å². The summed E-state index contributed by atoms with van der Waals surface area (Å²) in [6.07, 6.45) is 3.69. The van der Waals surface area contributed by atoms with E-state index >= 15 is 0 Å². The van der Waals surface area contributed by atoms with Crippen molar-refractivity contribution in [3.8, 4) is 0 Å². The Balaban J connectivity index is 1.49. The van der Waals surface area contributed by atoms with Crippen LogP contribution in [0.2, 0.25) is 0 Å². The van der Waals surface area contributed by atoms with Crippen LogP contribution in [-0.2, 0) is 0 Å². The first kappa shape index (κ1) is 16.5. The number of hydrogen-bond donors (Lipinski definition) is 2. The Kier molecular flexibility index (Phi) is 4.29. The van der Waals surface area contributed by atoms with Crippen molar-refractivity contribution >= 4 is 28.7 Å². The van der Waals surface area contributed by atoms with Crippen molar-refractivity contribution in [3.05, 3.63) is 30.1 Å². The Bertz CT molecular complexity index is 924. The van der Waals surface area contributed by atoms with Gasteiger partial charge in [-0.1, -0.05) is 5.21 Å². The van der Waals surface area contributed by atoms with Gasteiger partial charge >= 0.3 is 0 Å². The number of carbonyl (C=O) groups excluding carboxylic acids is 1. The van der Waals surface area contributed by atoms with Gasteiger partial charge in [0.15, 0.2) is 11.3 Å². The smallest absolute Gasteiger partial charge is 0.297 e. The van der Waals surface area contributed by atoms with E-state index in [0.29, 0.717) is 34.5 Å². The molecule has 0 spiro atoms. The van der Waals surface area contributed by atoms with Crippen molar-refractivity contribution in [2.24, 2.45) is 0 Å². The normalized spacial score (nSPS) is 15.3. The number of carbonyl (C=O) groups is 1. The van der Waals surface area contributed by atoms with E-state index < -0.39 is 0 Å². The summed E-state index contributed by atoms with van der Waals surface area (Å²) in [5.74, 6) is -0.291. The number of fused-ring (bicyclic) bond motifs is 1. The monoisotopic (exact) mass is 355 g/mol. The zero-order valence-corrected chi connectivity index (χ0v) is 14.8. The quantitative estimate of drug-likeness (QED) is 0.734. The average molecular weight is 355 g/mol. The molecule has 3 aromatic rings. The largest absolute Gasteiger partial charge is 0.423 e. The molecule has 0 aliphatic carbocycles. The maximum Gasteiger partial charge on any atom is 0.297 e. The number of benzene rings is 1. The minimum Gasteiger partial charge on any atom is -0.423 e. The lowest BCUT2D eigenvalue weighted by molar-refractivity contribution is 0.102. The Morgan fingerprint density at radius 1 is 1.35 bits per heavy atom. The molecule has 1 fully saturated rings. The highest BCUT2D eigenvalue weighted by atomic mass is 16.4. The third-order valence-corrected chi connectivity index (χ3v) is 4.44. The molecule has 2 N–H and O–H groups in total. The number of anilines is 2. The molecule has 0 bridgehead atoms. The molecule has 136 valence electrons. The van der Waals surface area contributed by atoms with Crippen molar-refractivity contribution in [1.82, 2.24) is 25.3 Å². The lowest BCUT2D eigenvalue weighted by atomic mass is 10.1. The van der Waals surface area contributed by atoms with Gasteiger partial charge in [0, 0.05) is 19.8 Å². The highest BCUT2D eigenvalue weighted by Crippen LogP contribution is 2.24. The Hall–Kier alpha value is -2.94. The first-order chi connectivity index (χ1) is 12.6. The van der Waals surface area contributed by atoms with E-state index in [1.165, 1.54) is 0 Å². The number of nitrogens with one attached hydrogen (secondary N) is 2. The van der Waals surface area contributed by atoms with Crippen molar-refractivity contribution in [3.63, 3.8) is 0 Å². The van der Waals surface area contributed by atoms with Crippen LogP contribution >= 0.6 is 0 Å². The number of piperidine rings is 1. The average Bonchev–Trinajstić information content (AvgIpc) is 3.29. The summed E-state index contributed by atoms with van der Waals surface area (Å²) < 4.78 is 7.41. The predicted octanol–water partition coefficient (Wildman–Crippen LogP) is 1.66. The van der Waals surface area contributed by atoms with Crippen LogP contribution < -0.4 is 15.5 Å². The fourth-order valence-corrected chi connectivity index (χ4v) is 3.01. The molecule has 1 aliphatic heterocycles. The number of nitrogens with zero attached hydrogens (tertiary/aromatic N) is 5. The van der Waals surface area contributed by atoms with Crippen LogP contribution in [0.25, 0.3) is 11.1 Å². The second kappa shape index (κ2) is 6.75. The molecular weight excluding hydrogens is 334 g/mol. The molecule has 1 saturated heterocycles. The maximum absolute atomic E-state index is 12.5. The zero-order valence-electron chi connectivity index (χ0n) is 14.8. The first-order valence-electron chi connectivity index (χ1n) is 8.62.